The van der Waals surface area contributed by atoms with Crippen molar-refractivity contribution in [1.29, 1.82) is 0 Å². The topological polar surface area (TPSA) is 45.2 Å². The van der Waals surface area contributed by atoms with Gasteiger partial charge in [-0.15, -0.1) is 0 Å². The Kier molecular flexibility index (Phi) is 4.80. The monoisotopic (exact) mass is 359 g/mol. The average Bonchev–Trinajstić information content (AvgIpc) is 3.22. The summed E-state index contributed by atoms with van der Waals surface area (Å²) in [5, 5.41) is 4.05. The number of aromatic nitrogens is 1. The lowest BCUT2D eigenvalue weighted by Gasteiger charge is -2.22. The van der Waals surface area contributed by atoms with Crippen molar-refractivity contribution in [3.8, 4) is 0 Å². The Hall–Kier alpha value is -2.88. The van der Waals surface area contributed by atoms with Crippen LogP contribution in [-0.4, -0.2) is 24.0 Å². The van der Waals surface area contributed by atoms with Crippen LogP contribution in [0.15, 0.2) is 48.5 Å². The first-order valence-corrected chi connectivity index (χ1v) is 9.72. The molecule has 4 heteroatoms. The molecule has 0 atom stereocenters. The smallest absolute Gasteiger partial charge is 0.256 e. The Labute approximate surface area is 160 Å². The van der Waals surface area contributed by atoms with Crippen molar-refractivity contribution in [3.05, 3.63) is 65.2 Å². The van der Waals surface area contributed by atoms with Crippen LogP contribution in [0.1, 0.15) is 41.3 Å². The molecule has 0 aliphatic carbocycles. The quantitative estimate of drug-likeness (QED) is 0.716. The summed E-state index contributed by atoms with van der Waals surface area (Å²) in [6, 6.07) is 15.9. The maximum atomic E-state index is 13.3. The zero-order chi connectivity index (χ0) is 18.8. The highest BCUT2D eigenvalue weighted by atomic mass is 16.1. The lowest BCUT2D eigenvalue weighted by atomic mass is 10.0. The number of rotatable bonds is 4. The van der Waals surface area contributed by atoms with Gasteiger partial charge in [-0.25, -0.2) is 4.98 Å². The number of anilines is 2. The van der Waals surface area contributed by atoms with Crippen LogP contribution in [0.3, 0.4) is 0 Å². The summed E-state index contributed by atoms with van der Waals surface area (Å²) in [5.74, 6) is 0.882. The van der Waals surface area contributed by atoms with E-state index in [0.29, 0.717) is 0 Å². The molecule has 0 saturated carbocycles. The minimum Gasteiger partial charge on any atom is -0.356 e. The number of amides is 1. The minimum absolute atomic E-state index is 0.0625. The molecule has 2 heterocycles. The maximum absolute atomic E-state index is 13.3. The van der Waals surface area contributed by atoms with Gasteiger partial charge in [-0.2, -0.15) is 0 Å². The van der Waals surface area contributed by atoms with Crippen LogP contribution < -0.4 is 10.2 Å². The highest BCUT2D eigenvalue weighted by Crippen LogP contribution is 2.31. The molecule has 2 aromatic carbocycles. The van der Waals surface area contributed by atoms with Gasteiger partial charge in [0.05, 0.1) is 11.1 Å². The van der Waals surface area contributed by atoms with Gasteiger partial charge in [0, 0.05) is 29.7 Å². The lowest BCUT2D eigenvalue weighted by Crippen LogP contribution is -2.23. The van der Waals surface area contributed by atoms with E-state index in [1.54, 1.807) is 0 Å². The summed E-state index contributed by atoms with van der Waals surface area (Å²) in [6.07, 6.45) is 3.24. The van der Waals surface area contributed by atoms with E-state index < -0.39 is 0 Å². The third kappa shape index (κ3) is 3.27. The van der Waals surface area contributed by atoms with E-state index in [0.717, 1.165) is 58.6 Å². The van der Waals surface area contributed by atoms with Crippen LogP contribution in [0.2, 0.25) is 0 Å². The van der Waals surface area contributed by atoms with Crippen LogP contribution in [0.5, 0.6) is 0 Å². The summed E-state index contributed by atoms with van der Waals surface area (Å²) in [5.41, 5.74) is 4.59. The van der Waals surface area contributed by atoms with E-state index in [9.17, 15) is 4.79 Å². The molecule has 1 aliphatic rings. The fourth-order valence-corrected chi connectivity index (χ4v) is 3.96. The maximum Gasteiger partial charge on any atom is 0.256 e. The highest BCUT2D eigenvalue weighted by molar-refractivity contribution is 6.14. The molecule has 0 bridgehead atoms. The normalized spacial score (nSPS) is 13.9. The van der Waals surface area contributed by atoms with Crippen molar-refractivity contribution < 1.29 is 4.79 Å². The van der Waals surface area contributed by atoms with Gasteiger partial charge >= 0.3 is 0 Å². The van der Waals surface area contributed by atoms with Crippen LogP contribution in [-0.2, 0) is 6.42 Å². The van der Waals surface area contributed by atoms with Gasteiger partial charge in [0.2, 0.25) is 0 Å². The largest absolute Gasteiger partial charge is 0.356 e. The second kappa shape index (κ2) is 7.39. The number of para-hydroxylation sites is 2. The second-order valence-corrected chi connectivity index (χ2v) is 7.11. The van der Waals surface area contributed by atoms with E-state index in [2.05, 4.69) is 23.2 Å². The molecule has 1 N–H and O–H groups in total. The number of pyridine rings is 1. The van der Waals surface area contributed by atoms with Gasteiger partial charge in [0.25, 0.3) is 5.91 Å². The molecule has 1 aromatic heterocycles. The second-order valence-electron chi connectivity index (χ2n) is 7.11. The molecule has 0 radical (unpaired) electrons. The predicted molar refractivity (Wildman–Crippen MR) is 112 cm³/mol. The van der Waals surface area contributed by atoms with Gasteiger partial charge in [0.15, 0.2) is 0 Å². The lowest BCUT2D eigenvalue weighted by molar-refractivity contribution is 0.102. The van der Waals surface area contributed by atoms with E-state index >= 15 is 0 Å². The summed E-state index contributed by atoms with van der Waals surface area (Å²) in [7, 11) is 0. The molecular weight excluding hydrogens is 334 g/mol. The Morgan fingerprint density at radius 3 is 2.56 bits per heavy atom. The Balaban J connectivity index is 1.81. The molecule has 4 nitrogen and oxygen atoms in total. The number of carbonyl (C=O) groups is 1. The number of carbonyl (C=O) groups excluding carboxylic acids is 1. The molecular formula is C23H25N3O. The fourth-order valence-electron chi connectivity index (χ4n) is 3.96. The number of hydrogen-bond acceptors (Lipinski definition) is 3. The molecule has 1 saturated heterocycles. The molecule has 1 aliphatic heterocycles. The van der Waals surface area contributed by atoms with Gasteiger partial charge in [-0.3, -0.25) is 4.79 Å². The van der Waals surface area contributed by atoms with Crippen LogP contribution >= 0.6 is 0 Å². The number of benzene rings is 2. The third-order valence-electron chi connectivity index (χ3n) is 5.39. The van der Waals surface area contributed by atoms with Crippen molar-refractivity contribution in [2.24, 2.45) is 0 Å². The average molecular weight is 359 g/mol. The van der Waals surface area contributed by atoms with Crippen LogP contribution in [0.25, 0.3) is 10.9 Å². The molecule has 138 valence electrons. The van der Waals surface area contributed by atoms with Gasteiger partial charge in [-0.1, -0.05) is 43.3 Å². The number of hydrogen-bond donors (Lipinski definition) is 1. The molecule has 0 unspecified atom stereocenters. The van der Waals surface area contributed by atoms with Crippen LogP contribution in [0, 0.1) is 6.92 Å². The number of fused-ring (bicyclic) bond motifs is 1. The molecule has 27 heavy (non-hydrogen) atoms. The summed E-state index contributed by atoms with van der Waals surface area (Å²) < 4.78 is 0. The van der Waals surface area contributed by atoms with E-state index in [1.807, 2.05) is 49.4 Å². The minimum atomic E-state index is -0.0625. The first-order valence-electron chi connectivity index (χ1n) is 9.72. The molecule has 3 aromatic rings. The van der Waals surface area contributed by atoms with Crippen molar-refractivity contribution in [3.63, 3.8) is 0 Å². The Morgan fingerprint density at radius 1 is 1.07 bits per heavy atom. The summed E-state index contributed by atoms with van der Waals surface area (Å²) in [4.78, 5) is 20.5. The SMILES string of the molecule is CCc1ccccc1NC(=O)c1c(C)c(N2CCCC2)nc2ccccc12. The standard InChI is InChI=1S/C23H25N3O/c1-3-17-10-4-6-12-19(17)25-23(27)21-16(2)22(26-14-8-9-15-26)24-20-13-7-5-11-18(20)21/h4-7,10-13H,3,8-9,14-15H2,1-2H3,(H,25,27). The number of nitrogens with zero attached hydrogens (tertiary/aromatic N) is 2. The zero-order valence-corrected chi connectivity index (χ0v) is 16.0. The van der Waals surface area contributed by atoms with Gasteiger partial charge < -0.3 is 10.2 Å². The Morgan fingerprint density at radius 2 is 1.78 bits per heavy atom. The molecule has 1 fully saturated rings. The van der Waals surface area contributed by atoms with E-state index in [1.165, 1.54) is 12.8 Å². The zero-order valence-electron chi connectivity index (χ0n) is 16.0. The van der Waals surface area contributed by atoms with Crippen molar-refractivity contribution >= 4 is 28.3 Å². The molecule has 1 amide bonds. The van der Waals surface area contributed by atoms with Crippen molar-refractivity contribution in [2.45, 2.75) is 33.1 Å². The van der Waals surface area contributed by atoms with E-state index in [-0.39, 0.29) is 5.91 Å². The van der Waals surface area contributed by atoms with Gasteiger partial charge in [-0.05, 0) is 43.9 Å². The predicted octanol–water partition coefficient (Wildman–Crippen LogP) is 4.96. The number of nitrogens with one attached hydrogen (secondary N) is 1. The van der Waals surface area contributed by atoms with Crippen LogP contribution in [0.4, 0.5) is 11.5 Å². The van der Waals surface area contributed by atoms with Crippen molar-refractivity contribution in [1.82, 2.24) is 4.98 Å². The first-order chi connectivity index (χ1) is 13.2. The third-order valence-corrected chi connectivity index (χ3v) is 5.39. The first kappa shape index (κ1) is 17.5. The van der Waals surface area contributed by atoms with Crippen molar-refractivity contribution in [2.75, 3.05) is 23.3 Å². The fraction of sp³-hybridized carbons (Fsp3) is 0.304. The summed E-state index contributed by atoms with van der Waals surface area (Å²) in [6.45, 7) is 6.13. The van der Waals surface area contributed by atoms with Gasteiger partial charge in [0.1, 0.15) is 5.82 Å². The Bertz CT molecular complexity index is 990. The number of aryl methyl sites for hydroxylation is 1. The molecule has 0 spiro atoms. The highest BCUT2D eigenvalue weighted by Gasteiger charge is 2.23. The molecule has 4 rings (SSSR count). The van der Waals surface area contributed by atoms with E-state index in [4.69, 9.17) is 4.98 Å². The summed E-state index contributed by atoms with van der Waals surface area (Å²) >= 11 is 0.